The number of ether oxygens (including phenoxy) is 1. The Labute approximate surface area is 119 Å². The minimum atomic E-state index is -0.860. The highest BCUT2D eigenvalue weighted by Gasteiger charge is 2.24. The summed E-state index contributed by atoms with van der Waals surface area (Å²) >= 11 is 0. The molecule has 1 aliphatic heterocycles. The summed E-state index contributed by atoms with van der Waals surface area (Å²) < 4.78 is 5.47. The van der Waals surface area contributed by atoms with Crippen LogP contribution >= 0.6 is 0 Å². The van der Waals surface area contributed by atoms with Gasteiger partial charge in [-0.3, -0.25) is 4.79 Å². The fourth-order valence-electron chi connectivity index (χ4n) is 2.04. The summed E-state index contributed by atoms with van der Waals surface area (Å²) in [4.78, 5) is 24.0. The van der Waals surface area contributed by atoms with Gasteiger partial charge in [-0.2, -0.15) is 0 Å². The number of carbonyl (C=O) groups is 2. The normalized spacial score (nSPS) is 17.3. The molecule has 1 atom stereocenters. The molecule has 2 N–H and O–H groups in total. The molecule has 1 saturated heterocycles. The number of amides is 2. The Balaban J connectivity index is 2.26. The van der Waals surface area contributed by atoms with Crippen LogP contribution < -0.4 is 5.32 Å². The number of rotatable bonds is 6. The monoisotopic (exact) mass is 282 g/mol. The minimum Gasteiger partial charge on any atom is -0.481 e. The maximum atomic E-state index is 11.9. The van der Waals surface area contributed by atoms with Crippen LogP contribution in [0.25, 0.3) is 0 Å². The molecule has 1 heterocycles. The average molecular weight is 282 g/mol. The number of piperidine rings is 1. The summed E-state index contributed by atoms with van der Waals surface area (Å²) in [5, 5.41) is 11.3. The van der Waals surface area contributed by atoms with E-state index in [9.17, 15) is 9.59 Å². The number of nitrogens with one attached hydrogen (secondary N) is 1. The van der Waals surface area contributed by atoms with Crippen molar-refractivity contribution >= 4 is 12.0 Å². The lowest BCUT2D eigenvalue weighted by atomic mass is 10.1. The van der Waals surface area contributed by atoms with Crippen LogP contribution in [0.3, 0.4) is 0 Å². The van der Waals surface area contributed by atoms with Gasteiger partial charge in [0.1, 0.15) is 0 Å². The zero-order chi connectivity index (χ0) is 15.0. The van der Waals surface area contributed by atoms with E-state index < -0.39 is 5.97 Å². The second-order valence-corrected chi connectivity index (χ2v) is 4.78. The number of carboxylic acids is 1. The number of likely N-dealkylation sites (tertiary alicyclic amines) is 1. The van der Waals surface area contributed by atoms with Crippen LogP contribution in [0.2, 0.25) is 0 Å². The average Bonchev–Trinajstić information content (AvgIpc) is 2.44. The molecular weight excluding hydrogens is 260 g/mol. The molecule has 0 saturated carbocycles. The Bertz CT molecular complexity index is 370. The Morgan fingerprint density at radius 3 is 2.65 bits per heavy atom. The first kappa shape index (κ1) is 16.3. The molecule has 6 heteroatoms. The number of carbonyl (C=O) groups excluding carboxylic acids is 1. The predicted octanol–water partition coefficient (Wildman–Crippen LogP) is 1.06. The smallest absolute Gasteiger partial charge is 0.318 e. The number of nitrogens with zero attached hydrogens (tertiary/aromatic N) is 1. The molecule has 20 heavy (non-hydrogen) atoms. The molecule has 1 rings (SSSR count). The van der Waals surface area contributed by atoms with Gasteiger partial charge < -0.3 is 20.1 Å². The van der Waals surface area contributed by atoms with Crippen LogP contribution in [0.1, 0.15) is 32.6 Å². The molecular formula is C14H22N2O4. The molecule has 0 aromatic heterocycles. The van der Waals surface area contributed by atoms with E-state index in [-0.39, 0.29) is 31.2 Å². The summed E-state index contributed by atoms with van der Waals surface area (Å²) in [5.41, 5.74) is 0. The summed E-state index contributed by atoms with van der Waals surface area (Å²) in [7, 11) is 0. The van der Waals surface area contributed by atoms with E-state index >= 15 is 0 Å². The molecule has 112 valence electrons. The summed E-state index contributed by atoms with van der Waals surface area (Å²) in [6, 6.07) is -0.370. The van der Waals surface area contributed by atoms with Crippen molar-refractivity contribution in [2.75, 3.05) is 19.7 Å². The quantitative estimate of drug-likeness (QED) is 0.714. The van der Waals surface area contributed by atoms with Crippen molar-refractivity contribution in [3.63, 3.8) is 0 Å². The van der Waals surface area contributed by atoms with Gasteiger partial charge in [0.15, 0.2) is 0 Å². The van der Waals surface area contributed by atoms with E-state index in [1.807, 2.05) is 6.92 Å². The summed E-state index contributed by atoms with van der Waals surface area (Å²) in [6.07, 6.45) is 7.51. The fraction of sp³-hybridized carbons (Fsp3) is 0.714. The topological polar surface area (TPSA) is 78.9 Å². The lowest BCUT2D eigenvalue weighted by Crippen LogP contribution is -2.48. The van der Waals surface area contributed by atoms with Gasteiger partial charge in [0.2, 0.25) is 0 Å². The first-order valence-electron chi connectivity index (χ1n) is 6.91. The molecule has 1 unspecified atom stereocenters. The molecule has 0 spiro atoms. The standard InChI is InChI=1S/C14H22N2O4/c1-3-11(4-2)15-14(19)16-8-5-12(6-9-16)20-10-7-13(17)18/h1,11-12H,4-10H2,2H3,(H,15,19)(H,17,18). The highest BCUT2D eigenvalue weighted by Crippen LogP contribution is 2.14. The van der Waals surface area contributed by atoms with Gasteiger partial charge in [0, 0.05) is 13.1 Å². The van der Waals surface area contributed by atoms with Crippen molar-refractivity contribution in [2.24, 2.45) is 0 Å². The molecule has 1 fully saturated rings. The Morgan fingerprint density at radius 1 is 1.50 bits per heavy atom. The van der Waals surface area contributed by atoms with Crippen molar-refractivity contribution < 1.29 is 19.4 Å². The molecule has 0 aromatic carbocycles. The molecule has 6 nitrogen and oxygen atoms in total. The number of urea groups is 1. The van der Waals surface area contributed by atoms with Gasteiger partial charge >= 0.3 is 12.0 Å². The van der Waals surface area contributed by atoms with Crippen LogP contribution in [-0.4, -0.2) is 53.8 Å². The number of terminal acetylenes is 1. The fourth-order valence-corrected chi connectivity index (χ4v) is 2.04. The molecule has 0 radical (unpaired) electrons. The first-order valence-corrected chi connectivity index (χ1v) is 6.91. The molecule has 0 bridgehead atoms. The van der Waals surface area contributed by atoms with E-state index in [0.29, 0.717) is 19.5 Å². The second-order valence-electron chi connectivity index (χ2n) is 4.78. The number of hydrogen-bond acceptors (Lipinski definition) is 3. The van der Waals surface area contributed by atoms with Crippen molar-refractivity contribution in [1.29, 1.82) is 0 Å². The van der Waals surface area contributed by atoms with Crippen LogP contribution in [-0.2, 0) is 9.53 Å². The highest BCUT2D eigenvalue weighted by molar-refractivity contribution is 5.75. The third-order valence-electron chi connectivity index (χ3n) is 3.31. The maximum Gasteiger partial charge on any atom is 0.318 e. The molecule has 1 aliphatic rings. The summed E-state index contributed by atoms with van der Waals surface area (Å²) in [6.45, 7) is 3.35. The zero-order valence-electron chi connectivity index (χ0n) is 11.8. The van der Waals surface area contributed by atoms with Crippen LogP contribution in [0.4, 0.5) is 4.79 Å². The van der Waals surface area contributed by atoms with Gasteiger partial charge in [-0.15, -0.1) is 6.42 Å². The van der Waals surface area contributed by atoms with Crippen LogP contribution in [0.5, 0.6) is 0 Å². The number of aliphatic carboxylic acids is 1. The van der Waals surface area contributed by atoms with E-state index in [4.69, 9.17) is 16.3 Å². The lowest BCUT2D eigenvalue weighted by molar-refractivity contribution is -0.138. The third-order valence-corrected chi connectivity index (χ3v) is 3.31. The van der Waals surface area contributed by atoms with Gasteiger partial charge in [-0.1, -0.05) is 12.8 Å². The van der Waals surface area contributed by atoms with E-state index in [1.165, 1.54) is 0 Å². The predicted molar refractivity (Wildman–Crippen MR) is 74.2 cm³/mol. The Kier molecular flexibility index (Phi) is 6.88. The number of carboxylic acid groups (broad SMARTS) is 1. The minimum absolute atomic E-state index is 0.0149. The SMILES string of the molecule is C#CC(CC)NC(=O)N1CCC(OCCC(=O)O)CC1. The van der Waals surface area contributed by atoms with Gasteiger partial charge in [0.25, 0.3) is 0 Å². The molecule has 0 aromatic rings. The van der Waals surface area contributed by atoms with Gasteiger partial charge in [0.05, 0.1) is 25.2 Å². The van der Waals surface area contributed by atoms with Crippen LogP contribution in [0.15, 0.2) is 0 Å². The van der Waals surface area contributed by atoms with Crippen LogP contribution in [0, 0.1) is 12.3 Å². The zero-order valence-corrected chi connectivity index (χ0v) is 11.8. The Morgan fingerprint density at radius 2 is 2.15 bits per heavy atom. The third kappa shape index (κ3) is 5.49. The van der Waals surface area contributed by atoms with E-state index in [2.05, 4.69) is 11.2 Å². The van der Waals surface area contributed by atoms with Crippen molar-refractivity contribution in [2.45, 2.75) is 44.8 Å². The highest BCUT2D eigenvalue weighted by atomic mass is 16.5. The van der Waals surface area contributed by atoms with E-state index in [0.717, 1.165) is 12.8 Å². The largest absolute Gasteiger partial charge is 0.481 e. The lowest BCUT2D eigenvalue weighted by Gasteiger charge is -2.32. The van der Waals surface area contributed by atoms with Crippen molar-refractivity contribution in [1.82, 2.24) is 10.2 Å². The second kappa shape index (κ2) is 8.43. The number of hydrogen-bond donors (Lipinski definition) is 2. The van der Waals surface area contributed by atoms with Crippen molar-refractivity contribution in [3.05, 3.63) is 0 Å². The Hall–Kier alpha value is -1.74. The molecule has 0 aliphatic carbocycles. The van der Waals surface area contributed by atoms with Crippen molar-refractivity contribution in [3.8, 4) is 12.3 Å². The maximum absolute atomic E-state index is 11.9. The van der Waals surface area contributed by atoms with E-state index in [1.54, 1.807) is 4.90 Å². The summed E-state index contributed by atoms with van der Waals surface area (Å²) in [5.74, 6) is 1.67. The first-order chi connectivity index (χ1) is 9.56. The molecule has 2 amide bonds. The van der Waals surface area contributed by atoms with Gasteiger partial charge in [-0.05, 0) is 19.3 Å². The van der Waals surface area contributed by atoms with Gasteiger partial charge in [-0.25, -0.2) is 4.79 Å².